The van der Waals surface area contributed by atoms with Crippen LogP contribution in [0.5, 0.6) is 0 Å². The summed E-state index contributed by atoms with van der Waals surface area (Å²) in [4.78, 5) is 24.3. The molecule has 3 heterocycles. The monoisotopic (exact) mass is 537 g/mol. The number of amides is 1. The second-order valence-electron chi connectivity index (χ2n) is 9.90. The number of benzene rings is 1. The molecule has 8 nitrogen and oxygen atoms in total. The largest absolute Gasteiger partial charge is 0.358 e. The predicted octanol–water partition coefficient (Wildman–Crippen LogP) is 5.01. The number of carbonyl (C=O) groups is 1. The molecule has 3 aromatic rings. The summed E-state index contributed by atoms with van der Waals surface area (Å²) >= 11 is 12.6. The van der Waals surface area contributed by atoms with E-state index in [-0.39, 0.29) is 23.7 Å². The van der Waals surface area contributed by atoms with Gasteiger partial charge in [0, 0.05) is 23.1 Å². The molecule has 1 fully saturated rings. The number of carbonyl (C=O) groups excluding carboxylic acids is 1. The molecule has 10 heteroatoms. The van der Waals surface area contributed by atoms with E-state index in [2.05, 4.69) is 39.4 Å². The van der Waals surface area contributed by atoms with Gasteiger partial charge in [0.15, 0.2) is 11.3 Å². The van der Waals surface area contributed by atoms with Gasteiger partial charge in [-0.25, -0.2) is 14.6 Å². The Morgan fingerprint density at radius 3 is 2.84 bits per heavy atom. The van der Waals surface area contributed by atoms with Crippen LogP contribution >= 0.6 is 23.2 Å². The van der Waals surface area contributed by atoms with Crippen LogP contribution in [0.1, 0.15) is 62.5 Å². The van der Waals surface area contributed by atoms with Crippen molar-refractivity contribution in [2.75, 3.05) is 13.6 Å². The highest BCUT2D eigenvalue weighted by atomic mass is 35.5. The Morgan fingerprint density at radius 2 is 2.14 bits per heavy atom. The van der Waals surface area contributed by atoms with E-state index in [1.807, 2.05) is 13.0 Å². The van der Waals surface area contributed by atoms with E-state index in [1.165, 1.54) is 0 Å². The van der Waals surface area contributed by atoms with Crippen molar-refractivity contribution in [3.05, 3.63) is 57.5 Å². The Morgan fingerprint density at radius 1 is 1.32 bits per heavy atom. The summed E-state index contributed by atoms with van der Waals surface area (Å²) in [6, 6.07) is 7.47. The minimum atomic E-state index is -0.278. The molecule has 37 heavy (non-hydrogen) atoms. The van der Waals surface area contributed by atoms with E-state index in [1.54, 1.807) is 30.1 Å². The van der Waals surface area contributed by atoms with Crippen LogP contribution in [-0.2, 0) is 4.79 Å². The topological polar surface area (TPSA) is 99.7 Å². The van der Waals surface area contributed by atoms with Crippen molar-refractivity contribution in [2.45, 2.75) is 57.7 Å². The molecule has 0 spiro atoms. The highest BCUT2D eigenvalue weighted by Gasteiger charge is 2.38. The first-order valence-electron chi connectivity index (χ1n) is 12.6. The Kier molecular flexibility index (Phi) is 7.21. The lowest BCUT2D eigenvalue weighted by atomic mass is 9.83. The minimum absolute atomic E-state index is 0.0523. The number of nitrogens with one attached hydrogen (secondary N) is 1. The Bertz CT molecular complexity index is 1430. The predicted molar refractivity (Wildman–Crippen MR) is 144 cm³/mol. The van der Waals surface area contributed by atoms with Crippen molar-refractivity contribution in [3.63, 3.8) is 0 Å². The summed E-state index contributed by atoms with van der Waals surface area (Å²) in [7, 11) is 1.71. The van der Waals surface area contributed by atoms with Crippen molar-refractivity contribution in [3.8, 4) is 6.07 Å². The first-order valence-corrected chi connectivity index (χ1v) is 13.3. The zero-order valence-electron chi connectivity index (χ0n) is 21.1. The molecule has 1 amide bonds. The van der Waals surface area contributed by atoms with Crippen molar-refractivity contribution in [1.82, 2.24) is 30.0 Å². The molecular formula is C27H29Cl2N7O. The van der Waals surface area contributed by atoms with Crippen LogP contribution in [0.15, 0.2) is 30.5 Å². The van der Waals surface area contributed by atoms with Crippen molar-refractivity contribution < 1.29 is 4.79 Å². The van der Waals surface area contributed by atoms with E-state index in [4.69, 9.17) is 28.2 Å². The fourth-order valence-corrected chi connectivity index (χ4v) is 6.31. The summed E-state index contributed by atoms with van der Waals surface area (Å²) in [6.45, 7) is 5.15. The lowest BCUT2D eigenvalue weighted by Gasteiger charge is -2.38. The summed E-state index contributed by atoms with van der Waals surface area (Å²) in [5.41, 5.74) is 3.97. The van der Waals surface area contributed by atoms with Gasteiger partial charge in [0.05, 0.1) is 24.0 Å². The molecule has 2 aliphatic rings. The molecule has 1 saturated heterocycles. The molecule has 192 valence electrons. The van der Waals surface area contributed by atoms with Crippen LogP contribution in [-0.4, -0.2) is 56.2 Å². The number of allylic oxidation sites excluding steroid dienone is 1. The third-order valence-electron chi connectivity index (χ3n) is 7.69. The van der Waals surface area contributed by atoms with Crippen LogP contribution in [0.25, 0.3) is 16.7 Å². The molecule has 0 bridgehead atoms. The Balaban J connectivity index is 1.47. The van der Waals surface area contributed by atoms with Crippen molar-refractivity contribution in [2.24, 2.45) is 5.92 Å². The first-order chi connectivity index (χ1) is 17.8. The van der Waals surface area contributed by atoms with Gasteiger partial charge < -0.3 is 5.32 Å². The maximum Gasteiger partial charge on any atom is 0.237 e. The summed E-state index contributed by atoms with van der Waals surface area (Å²) < 4.78 is 1.72. The molecular weight excluding hydrogens is 509 g/mol. The molecule has 5 rings (SSSR count). The molecule has 1 aromatic carbocycles. The first kappa shape index (κ1) is 25.7. The quantitative estimate of drug-likeness (QED) is 0.491. The third-order valence-corrected chi connectivity index (χ3v) is 8.25. The standard InChI is InChI=1S/C27H29Cl2N7O/c1-15-11-17(6-9-23(15)35-10-4-5-24(35)27(37)31-3)22-14-32-25-21(13-30)34-36(26(25)33-22)16(2)19-8-7-18(28)12-20(19)29/h6-8,12,14-16,23-24H,4-5,9-11H2,1-3H3,(H,31,37)/t15-,16-,23?,24?/m1/s1. The number of nitrogens with zero attached hydrogens (tertiary/aromatic N) is 6. The van der Waals surface area contributed by atoms with E-state index >= 15 is 0 Å². The maximum absolute atomic E-state index is 12.4. The number of rotatable bonds is 5. The summed E-state index contributed by atoms with van der Waals surface area (Å²) in [6.07, 6.45) is 7.59. The van der Waals surface area contributed by atoms with Crippen LogP contribution in [0, 0.1) is 17.2 Å². The van der Waals surface area contributed by atoms with Crippen LogP contribution in [0.4, 0.5) is 0 Å². The van der Waals surface area contributed by atoms with Gasteiger partial charge in [-0.3, -0.25) is 9.69 Å². The summed E-state index contributed by atoms with van der Waals surface area (Å²) in [5.74, 6) is 0.460. The van der Waals surface area contributed by atoms with Crippen molar-refractivity contribution in [1.29, 1.82) is 5.26 Å². The zero-order chi connectivity index (χ0) is 26.3. The highest BCUT2D eigenvalue weighted by molar-refractivity contribution is 6.35. The van der Waals surface area contributed by atoms with Crippen LogP contribution in [0.3, 0.4) is 0 Å². The van der Waals surface area contributed by atoms with E-state index in [0.717, 1.165) is 49.1 Å². The molecule has 0 radical (unpaired) electrons. The van der Waals surface area contributed by atoms with Gasteiger partial charge in [0.2, 0.25) is 5.91 Å². The minimum Gasteiger partial charge on any atom is -0.358 e. The number of aromatic nitrogens is 4. The van der Waals surface area contributed by atoms with Gasteiger partial charge in [0.1, 0.15) is 11.6 Å². The van der Waals surface area contributed by atoms with Crippen molar-refractivity contribution >= 4 is 45.8 Å². The fourth-order valence-electron chi connectivity index (χ4n) is 5.75. The van der Waals surface area contributed by atoms with Gasteiger partial charge in [-0.2, -0.15) is 10.4 Å². The molecule has 4 atom stereocenters. The van der Waals surface area contributed by atoms with E-state index in [0.29, 0.717) is 33.2 Å². The molecule has 1 aliphatic heterocycles. The summed E-state index contributed by atoms with van der Waals surface area (Å²) in [5, 5.41) is 18.1. The fraction of sp³-hybridized carbons (Fsp3) is 0.444. The van der Waals surface area contributed by atoms with E-state index in [9.17, 15) is 10.1 Å². The number of hydrogen-bond donors (Lipinski definition) is 1. The van der Waals surface area contributed by atoms with Gasteiger partial charge >= 0.3 is 0 Å². The van der Waals surface area contributed by atoms with Gasteiger partial charge in [-0.15, -0.1) is 0 Å². The lowest BCUT2D eigenvalue weighted by molar-refractivity contribution is -0.126. The molecule has 1 N–H and O–H groups in total. The average molecular weight is 538 g/mol. The molecule has 2 unspecified atom stereocenters. The van der Waals surface area contributed by atoms with Crippen LogP contribution < -0.4 is 5.32 Å². The number of likely N-dealkylation sites (N-methyl/N-ethyl adjacent to an activating group) is 1. The number of halogens is 2. The second-order valence-corrected chi connectivity index (χ2v) is 10.7. The number of fused-ring (bicyclic) bond motifs is 1. The Hall–Kier alpha value is -2.99. The second kappa shape index (κ2) is 10.4. The normalized spacial score (nSPS) is 23.0. The Labute approximate surface area is 226 Å². The number of nitriles is 1. The maximum atomic E-state index is 12.4. The molecule has 0 saturated carbocycles. The van der Waals surface area contributed by atoms with Gasteiger partial charge in [-0.05, 0) is 68.3 Å². The molecule has 2 aromatic heterocycles. The zero-order valence-corrected chi connectivity index (χ0v) is 22.6. The van der Waals surface area contributed by atoms with Crippen LogP contribution in [0.2, 0.25) is 10.0 Å². The lowest BCUT2D eigenvalue weighted by Crippen LogP contribution is -2.49. The molecule has 1 aliphatic carbocycles. The van der Waals surface area contributed by atoms with E-state index < -0.39 is 0 Å². The highest BCUT2D eigenvalue weighted by Crippen LogP contribution is 2.37. The number of likely N-dealkylation sites (tertiary alicyclic amines) is 1. The smallest absolute Gasteiger partial charge is 0.237 e. The number of hydrogen-bond acceptors (Lipinski definition) is 6. The SMILES string of the molecule is CNC(=O)C1CCCN1C1CC=C(c2cnc3c(C#N)nn([C@H](C)c4ccc(Cl)cc4Cl)c3n2)C[C@H]1C. The van der Waals surface area contributed by atoms with Gasteiger partial charge in [0.25, 0.3) is 0 Å². The third kappa shape index (κ3) is 4.72. The average Bonchev–Trinajstić information content (AvgIpc) is 3.52. The van der Waals surface area contributed by atoms with Gasteiger partial charge in [-0.1, -0.05) is 42.3 Å².